The molecule has 0 radical (unpaired) electrons. The SMILES string of the molecule is CC(C)CN(CC(C)C)c1ccc(C2(OC=O)CCCC2)cc1NC(=O)Cc1ccc(F)cc1F. The minimum atomic E-state index is -0.750. The Morgan fingerprint density at radius 2 is 1.71 bits per heavy atom. The fourth-order valence-corrected chi connectivity index (χ4v) is 4.89. The van der Waals surface area contributed by atoms with E-state index in [1.807, 2.05) is 18.2 Å². The second-order valence-electron chi connectivity index (χ2n) is 10.3. The van der Waals surface area contributed by atoms with E-state index < -0.39 is 23.1 Å². The minimum absolute atomic E-state index is 0.124. The van der Waals surface area contributed by atoms with E-state index in [4.69, 9.17) is 4.74 Å². The highest BCUT2D eigenvalue weighted by Gasteiger charge is 2.38. The number of benzene rings is 2. The molecule has 2 aromatic rings. The van der Waals surface area contributed by atoms with Gasteiger partial charge in [0.25, 0.3) is 6.47 Å². The predicted molar refractivity (Wildman–Crippen MR) is 134 cm³/mol. The largest absolute Gasteiger partial charge is 0.456 e. The Hall–Kier alpha value is -2.96. The number of carbonyl (C=O) groups excluding carboxylic acids is 2. The van der Waals surface area contributed by atoms with E-state index in [1.54, 1.807) is 0 Å². The summed E-state index contributed by atoms with van der Waals surface area (Å²) in [5, 5.41) is 2.97. The molecule has 1 aliphatic carbocycles. The third-order valence-electron chi connectivity index (χ3n) is 6.36. The Bertz CT molecular complexity index is 1020. The van der Waals surface area contributed by atoms with E-state index in [1.165, 1.54) is 6.07 Å². The molecule has 0 heterocycles. The van der Waals surface area contributed by atoms with Gasteiger partial charge >= 0.3 is 0 Å². The van der Waals surface area contributed by atoms with Gasteiger partial charge in [0, 0.05) is 19.2 Å². The molecule has 1 aliphatic rings. The molecule has 0 bridgehead atoms. The van der Waals surface area contributed by atoms with Crippen LogP contribution in [0.1, 0.15) is 64.5 Å². The normalized spacial score (nSPS) is 14.9. The van der Waals surface area contributed by atoms with Crippen LogP contribution in [0.25, 0.3) is 0 Å². The number of carbonyl (C=O) groups is 2. The first-order chi connectivity index (χ1) is 16.6. The van der Waals surface area contributed by atoms with Crippen LogP contribution in [-0.4, -0.2) is 25.5 Å². The fourth-order valence-electron chi connectivity index (χ4n) is 4.89. The zero-order valence-electron chi connectivity index (χ0n) is 21.1. The monoisotopic (exact) mass is 486 g/mol. The van der Waals surface area contributed by atoms with Gasteiger partial charge in [-0.3, -0.25) is 9.59 Å². The van der Waals surface area contributed by atoms with Crippen molar-refractivity contribution < 1.29 is 23.1 Å². The maximum Gasteiger partial charge on any atom is 0.293 e. The number of hydrogen-bond donors (Lipinski definition) is 1. The van der Waals surface area contributed by atoms with Crippen LogP contribution in [0, 0.1) is 23.5 Å². The van der Waals surface area contributed by atoms with Crippen LogP contribution >= 0.6 is 0 Å². The smallest absolute Gasteiger partial charge is 0.293 e. The van der Waals surface area contributed by atoms with Crippen molar-refractivity contribution in [2.75, 3.05) is 23.3 Å². The van der Waals surface area contributed by atoms with E-state index in [0.717, 1.165) is 62.2 Å². The van der Waals surface area contributed by atoms with Gasteiger partial charge in [-0.05, 0) is 66.8 Å². The molecule has 1 fully saturated rings. The Labute approximate surface area is 206 Å². The number of anilines is 2. The molecule has 5 nitrogen and oxygen atoms in total. The Kier molecular flexibility index (Phi) is 8.87. The molecule has 0 atom stereocenters. The first-order valence-corrected chi connectivity index (χ1v) is 12.4. The Morgan fingerprint density at radius 1 is 1.06 bits per heavy atom. The summed E-state index contributed by atoms with van der Waals surface area (Å²) in [5.74, 6) is -1.05. The number of halogens is 2. The van der Waals surface area contributed by atoms with Crippen molar-refractivity contribution in [2.24, 2.45) is 11.8 Å². The van der Waals surface area contributed by atoms with Crippen molar-refractivity contribution in [3.8, 4) is 0 Å². The number of nitrogens with zero attached hydrogens (tertiary/aromatic N) is 1. The summed E-state index contributed by atoms with van der Waals surface area (Å²) in [6, 6.07) is 9.05. The fraction of sp³-hybridized carbons (Fsp3) is 0.500. The summed E-state index contributed by atoms with van der Waals surface area (Å²) in [6.45, 7) is 10.7. The third-order valence-corrected chi connectivity index (χ3v) is 6.36. The molecule has 1 saturated carbocycles. The summed E-state index contributed by atoms with van der Waals surface area (Å²) >= 11 is 0. The highest BCUT2D eigenvalue weighted by atomic mass is 19.1. The van der Waals surface area contributed by atoms with Gasteiger partial charge in [0.05, 0.1) is 17.8 Å². The molecule has 35 heavy (non-hydrogen) atoms. The Balaban J connectivity index is 1.99. The molecule has 3 rings (SSSR count). The van der Waals surface area contributed by atoms with E-state index in [-0.39, 0.29) is 12.0 Å². The number of nitrogens with one attached hydrogen (secondary N) is 1. The average Bonchev–Trinajstić information content (AvgIpc) is 3.24. The lowest BCUT2D eigenvalue weighted by Gasteiger charge is -2.33. The Morgan fingerprint density at radius 3 is 2.29 bits per heavy atom. The van der Waals surface area contributed by atoms with Crippen LogP contribution in [0.3, 0.4) is 0 Å². The first-order valence-electron chi connectivity index (χ1n) is 12.4. The van der Waals surface area contributed by atoms with Crippen LogP contribution < -0.4 is 10.2 Å². The zero-order valence-corrected chi connectivity index (χ0v) is 21.1. The van der Waals surface area contributed by atoms with Crippen molar-refractivity contribution in [2.45, 2.75) is 65.4 Å². The molecule has 2 aromatic carbocycles. The molecular weight excluding hydrogens is 450 g/mol. The first kappa shape index (κ1) is 26.6. The molecule has 0 spiro atoms. The summed E-state index contributed by atoms with van der Waals surface area (Å²) in [5.41, 5.74) is 1.71. The van der Waals surface area contributed by atoms with Gasteiger partial charge in [0.1, 0.15) is 17.2 Å². The molecule has 0 aliphatic heterocycles. The van der Waals surface area contributed by atoms with Gasteiger partial charge < -0.3 is 15.0 Å². The van der Waals surface area contributed by atoms with Crippen molar-refractivity contribution >= 4 is 23.8 Å². The van der Waals surface area contributed by atoms with Crippen LogP contribution in [0.15, 0.2) is 36.4 Å². The standard InChI is InChI=1S/C28H36F2N2O3/c1-19(2)16-32(17-20(3)4)26-10-8-22(28(35-18-33)11-5-6-12-28)14-25(26)31-27(34)13-21-7-9-23(29)15-24(21)30/h7-10,14-15,18-20H,5-6,11-13,16-17H2,1-4H3,(H,31,34). The van der Waals surface area contributed by atoms with Crippen molar-refractivity contribution in [3.63, 3.8) is 0 Å². The van der Waals surface area contributed by atoms with E-state index >= 15 is 0 Å². The van der Waals surface area contributed by atoms with E-state index in [0.29, 0.717) is 24.0 Å². The van der Waals surface area contributed by atoms with Crippen LogP contribution in [0.2, 0.25) is 0 Å². The lowest BCUT2D eigenvalue weighted by atomic mass is 9.91. The molecule has 0 aromatic heterocycles. The second-order valence-corrected chi connectivity index (χ2v) is 10.3. The van der Waals surface area contributed by atoms with Gasteiger partial charge in [0.15, 0.2) is 0 Å². The molecule has 1 N–H and O–H groups in total. The zero-order chi connectivity index (χ0) is 25.6. The van der Waals surface area contributed by atoms with Gasteiger partial charge in [-0.1, -0.05) is 39.8 Å². The average molecular weight is 487 g/mol. The molecule has 7 heteroatoms. The summed E-state index contributed by atoms with van der Waals surface area (Å²) in [7, 11) is 0. The lowest BCUT2D eigenvalue weighted by molar-refractivity contribution is -0.144. The maximum atomic E-state index is 14.2. The summed E-state index contributed by atoms with van der Waals surface area (Å²) in [4.78, 5) is 26.6. The van der Waals surface area contributed by atoms with Crippen molar-refractivity contribution in [3.05, 3.63) is 59.2 Å². The van der Waals surface area contributed by atoms with Crippen LogP contribution in [0.5, 0.6) is 0 Å². The van der Waals surface area contributed by atoms with Gasteiger partial charge in [-0.25, -0.2) is 8.78 Å². The van der Waals surface area contributed by atoms with Crippen LogP contribution in [0.4, 0.5) is 20.2 Å². The number of hydrogen-bond acceptors (Lipinski definition) is 4. The molecule has 1 amide bonds. The topological polar surface area (TPSA) is 58.6 Å². The van der Waals surface area contributed by atoms with Gasteiger partial charge in [0.2, 0.25) is 5.91 Å². The summed E-state index contributed by atoms with van der Waals surface area (Å²) < 4.78 is 33.1. The second kappa shape index (κ2) is 11.6. The number of amides is 1. The maximum absolute atomic E-state index is 14.2. The molecule has 0 unspecified atom stereocenters. The predicted octanol–water partition coefficient (Wildman–Crippen LogP) is 6.21. The van der Waals surface area contributed by atoms with E-state index in [9.17, 15) is 18.4 Å². The van der Waals surface area contributed by atoms with Crippen molar-refractivity contribution in [1.29, 1.82) is 0 Å². The quantitative estimate of drug-likeness (QED) is 0.384. The molecule has 0 saturated heterocycles. The highest BCUT2D eigenvalue weighted by molar-refractivity contribution is 5.96. The summed E-state index contributed by atoms with van der Waals surface area (Å²) in [6.07, 6.45) is 3.13. The number of rotatable bonds is 11. The van der Waals surface area contributed by atoms with Crippen molar-refractivity contribution in [1.82, 2.24) is 0 Å². The van der Waals surface area contributed by atoms with Gasteiger partial charge in [-0.15, -0.1) is 0 Å². The van der Waals surface area contributed by atoms with Gasteiger partial charge in [-0.2, -0.15) is 0 Å². The third kappa shape index (κ3) is 6.80. The molecular formula is C28H36F2N2O3. The minimum Gasteiger partial charge on any atom is -0.456 e. The van der Waals surface area contributed by atoms with Crippen LogP contribution in [-0.2, 0) is 26.3 Å². The van der Waals surface area contributed by atoms with E-state index in [2.05, 4.69) is 37.9 Å². The molecule has 190 valence electrons. The lowest BCUT2D eigenvalue weighted by Crippen LogP contribution is -2.33. The number of ether oxygens (including phenoxy) is 1. The highest BCUT2D eigenvalue weighted by Crippen LogP contribution is 2.44.